The summed E-state index contributed by atoms with van der Waals surface area (Å²) >= 11 is 0. The summed E-state index contributed by atoms with van der Waals surface area (Å²) in [6.45, 7) is 4.23. The largest absolute Gasteiger partial charge is 0.466 e. The standard InChI is InChI=1S/C14H22N2O4/c1-14(2)7-10(15-12(17)8-14)5-4-9-6-11(20-16-9)13(18)19-3/h10-11H,4-8H2,1-3H3,(H,15,17). The number of amides is 1. The van der Waals surface area contributed by atoms with Crippen LogP contribution < -0.4 is 5.32 Å². The number of rotatable bonds is 4. The molecular weight excluding hydrogens is 260 g/mol. The Hall–Kier alpha value is -1.59. The fourth-order valence-corrected chi connectivity index (χ4v) is 2.85. The summed E-state index contributed by atoms with van der Waals surface area (Å²) in [4.78, 5) is 28.0. The number of oxime groups is 1. The van der Waals surface area contributed by atoms with Gasteiger partial charge in [-0.25, -0.2) is 4.79 Å². The van der Waals surface area contributed by atoms with E-state index in [2.05, 4.69) is 29.1 Å². The molecule has 6 heteroatoms. The van der Waals surface area contributed by atoms with Crippen LogP contribution in [0.2, 0.25) is 0 Å². The van der Waals surface area contributed by atoms with Crippen LogP contribution in [0.15, 0.2) is 5.16 Å². The second-order valence-electron chi connectivity index (χ2n) is 6.33. The molecule has 0 spiro atoms. The first-order valence-corrected chi connectivity index (χ1v) is 6.98. The van der Waals surface area contributed by atoms with Crippen molar-refractivity contribution < 1.29 is 19.2 Å². The third kappa shape index (κ3) is 3.71. The number of nitrogens with one attached hydrogen (secondary N) is 1. The van der Waals surface area contributed by atoms with Crippen molar-refractivity contribution in [3.8, 4) is 0 Å². The van der Waals surface area contributed by atoms with E-state index >= 15 is 0 Å². The molecule has 0 aliphatic carbocycles. The van der Waals surface area contributed by atoms with Crippen molar-refractivity contribution in [3.05, 3.63) is 0 Å². The first kappa shape index (κ1) is 14.8. The molecule has 0 saturated carbocycles. The number of esters is 1. The minimum atomic E-state index is -0.604. The summed E-state index contributed by atoms with van der Waals surface area (Å²) < 4.78 is 4.62. The predicted molar refractivity (Wildman–Crippen MR) is 73.1 cm³/mol. The third-order valence-electron chi connectivity index (χ3n) is 3.78. The molecule has 2 aliphatic heterocycles. The van der Waals surface area contributed by atoms with Crippen LogP contribution in [0.1, 0.15) is 46.0 Å². The SMILES string of the molecule is COC(=O)C1CC(CCC2CC(C)(C)CC(=O)N2)=NO1. The van der Waals surface area contributed by atoms with Gasteiger partial charge in [0.2, 0.25) is 12.0 Å². The quantitative estimate of drug-likeness (QED) is 0.790. The molecule has 0 bridgehead atoms. The van der Waals surface area contributed by atoms with Gasteiger partial charge in [0, 0.05) is 18.9 Å². The number of carbonyl (C=O) groups is 2. The molecule has 2 unspecified atom stereocenters. The maximum absolute atomic E-state index is 11.6. The number of carbonyl (C=O) groups excluding carboxylic acids is 2. The van der Waals surface area contributed by atoms with E-state index in [1.165, 1.54) is 7.11 Å². The monoisotopic (exact) mass is 282 g/mol. The molecule has 112 valence electrons. The molecule has 2 aliphatic rings. The lowest BCUT2D eigenvalue weighted by atomic mass is 9.78. The molecule has 2 heterocycles. The van der Waals surface area contributed by atoms with E-state index in [1.807, 2.05) is 0 Å². The van der Waals surface area contributed by atoms with E-state index < -0.39 is 12.1 Å². The molecule has 20 heavy (non-hydrogen) atoms. The van der Waals surface area contributed by atoms with Gasteiger partial charge in [-0.3, -0.25) is 4.79 Å². The lowest BCUT2D eigenvalue weighted by Crippen LogP contribution is -2.45. The molecular formula is C14H22N2O4. The second kappa shape index (κ2) is 5.81. The van der Waals surface area contributed by atoms with Gasteiger partial charge in [-0.05, 0) is 24.7 Å². The van der Waals surface area contributed by atoms with Crippen LogP contribution in [0.3, 0.4) is 0 Å². The van der Waals surface area contributed by atoms with Crippen LogP contribution in [0.5, 0.6) is 0 Å². The van der Waals surface area contributed by atoms with Crippen molar-refractivity contribution >= 4 is 17.6 Å². The van der Waals surface area contributed by atoms with Crippen LogP contribution in [0, 0.1) is 5.41 Å². The number of hydrogen-bond acceptors (Lipinski definition) is 5. The maximum Gasteiger partial charge on any atom is 0.350 e. The Bertz CT molecular complexity index is 431. The van der Waals surface area contributed by atoms with Crippen LogP contribution in [-0.4, -0.2) is 36.8 Å². The highest BCUT2D eigenvalue weighted by Crippen LogP contribution is 2.31. The van der Waals surface area contributed by atoms with Gasteiger partial charge in [0.05, 0.1) is 12.8 Å². The molecule has 0 aromatic rings. The zero-order valence-corrected chi connectivity index (χ0v) is 12.3. The first-order valence-electron chi connectivity index (χ1n) is 6.98. The van der Waals surface area contributed by atoms with Crippen molar-refractivity contribution in [3.63, 3.8) is 0 Å². The molecule has 0 aromatic heterocycles. The first-order chi connectivity index (χ1) is 9.39. The van der Waals surface area contributed by atoms with Crippen molar-refractivity contribution in [2.45, 2.75) is 58.1 Å². The predicted octanol–water partition coefficient (Wildman–Crippen LogP) is 1.39. The maximum atomic E-state index is 11.6. The van der Waals surface area contributed by atoms with Gasteiger partial charge >= 0.3 is 5.97 Å². The molecule has 1 amide bonds. The summed E-state index contributed by atoms with van der Waals surface area (Å²) in [6.07, 6.45) is 2.98. The number of methoxy groups -OCH3 is 1. The average Bonchev–Trinajstić information content (AvgIpc) is 2.82. The van der Waals surface area contributed by atoms with Crippen molar-refractivity contribution in [2.24, 2.45) is 10.6 Å². The number of hydrogen-bond donors (Lipinski definition) is 1. The number of nitrogens with zero attached hydrogens (tertiary/aromatic N) is 1. The summed E-state index contributed by atoms with van der Waals surface area (Å²) in [5, 5.41) is 6.94. The lowest BCUT2D eigenvalue weighted by Gasteiger charge is -2.35. The molecule has 1 N–H and O–H groups in total. The van der Waals surface area contributed by atoms with Crippen LogP contribution >= 0.6 is 0 Å². The fourth-order valence-electron chi connectivity index (χ4n) is 2.85. The lowest BCUT2D eigenvalue weighted by molar-refractivity contribution is -0.152. The van der Waals surface area contributed by atoms with E-state index in [4.69, 9.17) is 4.84 Å². The van der Waals surface area contributed by atoms with E-state index in [0.29, 0.717) is 12.8 Å². The average molecular weight is 282 g/mol. The second-order valence-corrected chi connectivity index (χ2v) is 6.33. The van der Waals surface area contributed by atoms with Crippen LogP contribution in [0.4, 0.5) is 0 Å². The summed E-state index contributed by atoms with van der Waals surface area (Å²) in [7, 11) is 1.34. The molecule has 0 radical (unpaired) electrons. The Labute approximate surface area is 118 Å². The highest BCUT2D eigenvalue weighted by Gasteiger charge is 2.33. The zero-order valence-electron chi connectivity index (χ0n) is 12.3. The smallest absolute Gasteiger partial charge is 0.350 e. The highest BCUT2D eigenvalue weighted by molar-refractivity contribution is 5.91. The van der Waals surface area contributed by atoms with Gasteiger partial charge in [0.15, 0.2) is 0 Å². The Morgan fingerprint density at radius 1 is 1.55 bits per heavy atom. The summed E-state index contributed by atoms with van der Waals surface area (Å²) in [6, 6.07) is 0.172. The Morgan fingerprint density at radius 2 is 2.30 bits per heavy atom. The Balaban J connectivity index is 1.79. The normalized spacial score (nSPS) is 28.4. The molecule has 6 nitrogen and oxygen atoms in total. The van der Waals surface area contributed by atoms with Crippen LogP contribution in [-0.2, 0) is 19.2 Å². The van der Waals surface area contributed by atoms with Gasteiger partial charge < -0.3 is 14.9 Å². The van der Waals surface area contributed by atoms with Gasteiger partial charge in [-0.15, -0.1) is 0 Å². The topological polar surface area (TPSA) is 77.0 Å². The molecule has 1 fully saturated rings. The minimum absolute atomic E-state index is 0.0511. The number of ether oxygens (including phenoxy) is 1. The Kier molecular flexibility index (Phi) is 4.30. The minimum Gasteiger partial charge on any atom is -0.466 e. The van der Waals surface area contributed by atoms with Crippen LogP contribution in [0.25, 0.3) is 0 Å². The Morgan fingerprint density at radius 3 is 2.95 bits per heavy atom. The van der Waals surface area contributed by atoms with Gasteiger partial charge in [0.1, 0.15) is 0 Å². The van der Waals surface area contributed by atoms with E-state index in [1.54, 1.807) is 0 Å². The van der Waals surface area contributed by atoms with Gasteiger partial charge in [0.25, 0.3) is 0 Å². The zero-order chi connectivity index (χ0) is 14.8. The van der Waals surface area contributed by atoms with Crippen molar-refractivity contribution in [1.29, 1.82) is 0 Å². The molecule has 2 atom stereocenters. The summed E-state index contributed by atoms with van der Waals surface area (Å²) in [5.74, 6) is -0.279. The van der Waals surface area contributed by atoms with E-state index in [-0.39, 0.29) is 17.4 Å². The number of piperidine rings is 1. The van der Waals surface area contributed by atoms with Gasteiger partial charge in [-0.2, -0.15) is 0 Å². The van der Waals surface area contributed by atoms with E-state index in [0.717, 1.165) is 25.0 Å². The van der Waals surface area contributed by atoms with Crippen molar-refractivity contribution in [1.82, 2.24) is 5.32 Å². The van der Waals surface area contributed by atoms with E-state index in [9.17, 15) is 9.59 Å². The third-order valence-corrected chi connectivity index (χ3v) is 3.78. The summed E-state index contributed by atoms with van der Waals surface area (Å²) in [5.41, 5.74) is 0.910. The fraction of sp³-hybridized carbons (Fsp3) is 0.786. The highest BCUT2D eigenvalue weighted by atomic mass is 16.7. The molecule has 2 rings (SSSR count). The van der Waals surface area contributed by atoms with Crippen molar-refractivity contribution in [2.75, 3.05) is 7.11 Å². The van der Waals surface area contributed by atoms with Gasteiger partial charge in [-0.1, -0.05) is 19.0 Å². The molecule has 0 aromatic carbocycles. The molecule has 1 saturated heterocycles.